The first-order valence-corrected chi connectivity index (χ1v) is 8.36. The van der Waals surface area contributed by atoms with Gasteiger partial charge in [-0.05, 0) is 67.5 Å². The number of nitrogens with zero attached hydrogens (tertiary/aromatic N) is 1. The Labute approximate surface area is 139 Å². The molecule has 0 aromatic heterocycles. The van der Waals surface area contributed by atoms with E-state index in [1.54, 1.807) is 0 Å². The molecule has 0 heterocycles. The van der Waals surface area contributed by atoms with Crippen LogP contribution in [0.3, 0.4) is 0 Å². The monoisotopic (exact) mass is 307 g/mol. The Bertz CT molecular complexity index is 660. The molecule has 0 aliphatic rings. The Morgan fingerprint density at radius 2 is 1.26 bits per heavy atom. The quantitative estimate of drug-likeness (QED) is 0.428. The second kappa shape index (κ2) is 7.39. The largest absolute Gasteiger partial charge is 0.329 e. The Morgan fingerprint density at radius 1 is 0.870 bits per heavy atom. The van der Waals surface area contributed by atoms with Gasteiger partial charge in [-0.3, -0.25) is 0 Å². The Balaban J connectivity index is 2.79. The van der Waals surface area contributed by atoms with E-state index in [0.717, 1.165) is 18.6 Å². The summed E-state index contributed by atoms with van der Waals surface area (Å²) in [6.07, 6.45) is 1.86. The molecular weight excluding hydrogens is 280 g/mol. The minimum atomic E-state index is 0.0786. The average molecular weight is 307 g/mol. The number of nitrogens with one attached hydrogen (secondary N) is 1. The van der Waals surface area contributed by atoms with E-state index in [9.17, 15) is 0 Å². The van der Waals surface area contributed by atoms with Crippen molar-refractivity contribution in [1.82, 2.24) is 0 Å². The van der Waals surface area contributed by atoms with Crippen LogP contribution in [0.5, 0.6) is 0 Å². The number of aryl methyl sites for hydroxylation is 4. The zero-order valence-corrected chi connectivity index (χ0v) is 14.9. The zero-order chi connectivity index (χ0) is 17.0. The Hall–Kier alpha value is -2.18. The molecule has 0 fully saturated rings. The van der Waals surface area contributed by atoms with Gasteiger partial charge >= 0.3 is 5.71 Å². The third-order valence-electron chi connectivity index (χ3n) is 4.64. The van der Waals surface area contributed by atoms with Crippen LogP contribution < -0.4 is 0 Å². The van der Waals surface area contributed by atoms with E-state index in [4.69, 9.17) is 5.53 Å². The maximum atomic E-state index is 7.76. The summed E-state index contributed by atoms with van der Waals surface area (Å²) in [7, 11) is 0. The van der Waals surface area contributed by atoms with Crippen molar-refractivity contribution >= 4 is 5.71 Å². The van der Waals surface area contributed by atoms with Gasteiger partial charge in [0.25, 0.3) is 0 Å². The molecule has 23 heavy (non-hydrogen) atoms. The van der Waals surface area contributed by atoms with E-state index in [0.29, 0.717) is 0 Å². The van der Waals surface area contributed by atoms with Crippen LogP contribution in [0.15, 0.2) is 36.4 Å². The molecular formula is C21H27N2+. The third-order valence-corrected chi connectivity index (χ3v) is 4.64. The van der Waals surface area contributed by atoms with Gasteiger partial charge < -0.3 is 0 Å². The fourth-order valence-corrected chi connectivity index (χ4v) is 3.56. The first-order valence-electron chi connectivity index (χ1n) is 8.36. The standard InChI is InChI=1S/C21H27N2/c1-6-9-18(23-22)21(19-14(2)10-7-11-15(19)3)20-16(4)12-8-13-17(20)5/h7-8,10-13,21-22H,6,9H2,1-5H3/q+1. The first kappa shape index (κ1) is 17.2. The number of hydrogen-bond donors (Lipinski definition) is 1. The van der Waals surface area contributed by atoms with Gasteiger partial charge in [0, 0.05) is 4.79 Å². The van der Waals surface area contributed by atoms with Crippen molar-refractivity contribution in [3.8, 4) is 0 Å². The Kier molecular flexibility index (Phi) is 5.52. The van der Waals surface area contributed by atoms with E-state index >= 15 is 0 Å². The topological polar surface area (TPSA) is 38.0 Å². The van der Waals surface area contributed by atoms with Crippen LogP contribution in [0, 0.1) is 33.2 Å². The van der Waals surface area contributed by atoms with E-state index in [2.05, 4.69) is 75.8 Å². The van der Waals surface area contributed by atoms with Crippen molar-refractivity contribution < 1.29 is 4.79 Å². The highest BCUT2D eigenvalue weighted by Gasteiger charge is 2.32. The molecule has 0 saturated heterocycles. The smallest absolute Gasteiger partial charge is 0.0648 e. The molecule has 0 saturated carbocycles. The second-order valence-electron chi connectivity index (χ2n) is 6.40. The molecule has 2 nitrogen and oxygen atoms in total. The molecule has 0 amide bonds. The van der Waals surface area contributed by atoms with E-state index in [-0.39, 0.29) is 5.92 Å². The van der Waals surface area contributed by atoms with Crippen molar-refractivity contribution in [3.05, 3.63) is 69.8 Å². The molecule has 0 radical (unpaired) electrons. The highest BCUT2D eigenvalue weighted by atomic mass is 14.9. The van der Waals surface area contributed by atoms with Gasteiger partial charge in [0.05, 0.1) is 12.0 Å². The highest BCUT2D eigenvalue weighted by molar-refractivity contribution is 5.91. The molecule has 0 bridgehead atoms. The maximum absolute atomic E-state index is 7.76. The SMILES string of the molecule is CCCC(=[N+]=N)C(c1c(C)cccc1C)c1c(C)cccc1C. The van der Waals surface area contributed by atoms with E-state index in [1.165, 1.54) is 33.4 Å². The molecule has 0 atom stereocenters. The minimum Gasteiger partial charge on any atom is -0.0648 e. The second-order valence-corrected chi connectivity index (χ2v) is 6.40. The van der Waals surface area contributed by atoms with Gasteiger partial charge in [0.2, 0.25) is 0 Å². The molecule has 2 rings (SSSR count). The van der Waals surface area contributed by atoms with Crippen LogP contribution in [0.1, 0.15) is 59.1 Å². The number of benzene rings is 2. The lowest BCUT2D eigenvalue weighted by molar-refractivity contribution is -0.124. The number of rotatable bonds is 5. The molecule has 1 N–H and O–H groups in total. The lowest BCUT2D eigenvalue weighted by Gasteiger charge is -2.21. The number of hydrogen-bond acceptors (Lipinski definition) is 1. The van der Waals surface area contributed by atoms with Crippen LogP contribution in [-0.2, 0) is 0 Å². The zero-order valence-electron chi connectivity index (χ0n) is 14.9. The van der Waals surface area contributed by atoms with Gasteiger partial charge in [-0.1, -0.05) is 43.3 Å². The predicted molar refractivity (Wildman–Crippen MR) is 96.6 cm³/mol. The summed E-state index contributed by atoms with van der Waals surface area (Å²) in [5.41, 5.74) is 16.4. The predicted octanol–water partition coefficient (Wildman–Crippen LogP) is 5.53. The molecule has 2 heteroatoms. The van der Waals surface area contributed by atoms with Crippen LogP contribution in [-0.4, -0.2) is 10.5 Å². The third kappa shape index (κ3) is 3.43. The van der Waals surface area contributed by atoms with Crippen LogP contribution in [0.4, 0.5) is 0 Å². The lowest BCUT2D eigenvalue weighted by atomic mass is 9.78. The fraction of sp³-hybridized carbons (Fsp3) is 0.381. The summed E-state index contributed by atoms with van der Waals surface area (Å²) in [5, 5.41) is 0. The molecule has 0 unspecified atom stereocenters. The minimum absolute atomic E-state index is 0.0786. The van der Waals surface area contributed by atoms with Crippen LogP contribution in [0.25, 0.3) is 0 Å². The normalized spacial score (nSPS) is 10.7. The van der Waals surface area contributed by atoms with Crippen molar-refractivity contribution in [3.63, 3.8) is 0 Å². The fourth-order valence-electron chi connectivity index (χ4n) is 3.56. The molecule has 2 aromatic rings. The van der Waals surface area contributed by atoms with Gasteiger partial charge in [0.1, 0.15) is 5.92 Å². The van der Waals surface area contributed by atoms with Gasteiger partial charge in [-0.25, -0.2) is 0 Å². The first-order chi connectivity index (χ1) is 11.0. The summed E-state index contributed by atoms with van der Waals surface area (Å²) < 4.78 is 0. The Morgan fingerprint density at radius 3 is 1.57 bits per heavy atom. The van der Waals surface area contributed by atoms with Gasteiger partial charge in [0.15, 0.2) is 0 Å². The van der Waals surface area contributed by atoms with Crippen LogP contribution >= 0.6 is 0 Å². The molecule has 0 aliphatic heterocycles. The molecule has 2 aromatic carbocycles. The van der Waals surface area contributed by atoms with E-state index < -0.39 is 0 Å². The maximum Gasteiger partial charge on any atom is 0.329 e. The molecule has 0 spiro atoms. The highest BCUT2D eigenvalue weighted by Crippen LogP contribution is 2.35. The van der Waals surface area contributed by atoms with Crippen molar-refractivity contribution in [2.45, 2.75) is 53.4 Å². The van der Waals surface area contributed by atoms with Crippen molar-refractivity contribution in [1.29, 1.82) is 5.53 Å². The summed E-state index contributed by atoms with van der Waals surface area (Å²) in [6, 6.07) is 12.9. The average Bonchev–Trinajstić information content (AvgIpc) is 2.51. The summed E-state index contributed by atoms with van der Waals surface area (Å²) >= 11 is 0. The summed E-state index contributed by atoms with van der Waals surface area (Å²) in [6.45, 7) is 10.8. The van der Waals surface area contributed by atoms with Gasteiger partial charge in [-0.15, -0.1) is 0 Å². The molecule has 0 aliphatic carbocycles. The van der Waals surface area contributed by atoms with Crippen molar-refractivity contribution in [2.75, 3.05) is 0 Å². The lowest BCUT2D eigenvalue weighted by Crippen LogP contribution is -2.19. The molecule has 120 valence electrons. The summed E-state index contributed by atoms with van der Waals surface area (Å²) in [5.74, 6) is 0.0786. The van der Waals surface area contributed by atoms with Gasteiger partial charge in [-0.2, -0.15) is 0 Å². The van der Waals surface area contributed by atoms with E-state index in [1.807, 2.05) is 0 Å². The summed E-state index contributed by atoms with van der Waals surface area (Å²) in [4.78, 5) is 3.96. The van der Waals surface area contributed by atoms with Crippen molar-refractivity contribution in [2.24, 2.45) is 0 Å². The van der Waals surface area contributed by atoms with Crippen LogP contribution in [0.2, 0.25) is 0 Å².